The molecule has 71 heavy (non-hydrogen) atoms. The maximum absolute atomic E-state index is 15.0. The number of nitrogens with one attached hydrogen (secondary N) is 3. The van der Waals surface area contributed by atoms with Crippen molar-refractivity contribution in [3.8, 4) is 22.3 Å². The van der Waals surface area contributed by atoms with E-state index in [1.807, 2.05) is 37.3 Å². The van der Waals surface area contributed by atoms with Gasteiger partial charge in [0, 0.05) is 68.3 Å². The van der Waals surface area contributed by atoms with E-state index in [1.165, 1.54) is 11.3 Å². The molecule has 4 heterocycles. The number of halogens is 3. The number of nitrogens with zero attached hydrogens (tertiary/aromatic N) is 6. The maximum atomic E-state index is 15.0. The van der Waals surface area contributed by atoms with Crippen LogP contribution in [0.4, 0.5) is 14.6 Å². The van der Waals surface area contributed by atoms with Gasteiger partial charge in [-0.2, -0.15) is 5.26 Å². The fraction of sp³-hybridized carbons (Fsp3) is 0.519. The molecule has 15 nitrogen and oxygen atoms in total. The molecule has 1 aliphatic carbocycles. The monoisotopic (exact) mass is 1020 g/mol. The van der Waals surface area contributed by atoms with Crippen molar-refractivity contribution < 1.29 is 37.4 Å². The van der Waals surface area contributed by atoms with Crippen LogP contribution in [0.25, 0.3) is 10.4 Å². The lowest BCUT2D eigenvalue weighted by molar-refractivity contribution is -0.164. The number of alkyl halides is 2. The minimum Gasteiger partial charge on any atom is -0.489 e. The fourth-order valence-electron chi connectivity index (χ4n) is 10.3. The number of thiazole rings is 1. The Hall–Kier alpha value is -5.74. The van der Waals surface area contributed by atoms with Crippen molar-refractivity contribution in [2.75, 3.05) is 57.4 Å². The van der Waals surface area contributed by atoms with Crippen LogP contribution in [0.3, 0.4) is 0 Å². The molecule has 380 valence electrons. The highest BCUT2D eigenvalue weighted by Crippen LogP contribution is 2.55. The van der Waals surface area contributed by atoms with E-state index >= 15 is 8.78 Å². The van der Waals surface area contributed by atoms with Crippen molar-refractivity contribution in [3.63, 3.8) is 0 Å². The van der Waals surface area contributed by atoms with E-state index < -0.39 is 71.0 Å². The first kappa shape index (κ1) is 53.1. The third kappa shape index (κ3) is 12.0. The number of aromatic nitrogens is 2. The average molecular weight is 1020 g/mol. The van der Waals surface area contributed by atoms with Crippen LogP contribution >= 0.6 is 22.9 Å². The molecule has 1 saturated carbocycles. The number of aryl methyl sites for hydroxylation is 1. The summed E-state index contributed by atoms with van der Waals surface area (Å²) in [6.07, 6.45) is 0.521. The van der Waals surface area contributed by atoms with E-state index in [9.17, 15) is 24.4 Å². The lowest BCUT2D eigenvalue weighted by Crippen LogP contribution is -2.74. The van der Waals surface area contributed by atoms with Crippen LogP contribution in [-0.4, -0.2) is 126 Å². The maximum Gasteiger partial charge on any atom is 0.267 e. The molecule has 3 fully saturated rings. The van der Waals surface area contributed by atoms with E-state index in [-0.39, 0.29) is 31.3 Å². The van der Waals surface area contributed by atoms with E-state index in [1.54, 1.807) is 63.7 Å². The molecular weight excluding hydrogens is 952 g/mol. The molecular formula is C52H64ClF2N9O6S. The Morgan fingerprint density at radius 3 is 2.25 bits per heavy atom. The van der Waals surface area contributed by atoms with Crippen molar-refractivity contribution in [2.45, 2.75) is 105 Å². The number of ether oxygens (including phenoxy) is 2. The number of nitriles is 1. The van der Waals surface area contributed by atoms with E-state index in [4.69, 9.17) is 21.1 Å². The SMILES string of the molecule is Cc1ncsc1-c1ccc([C@H](C)NC(=O)[C@@H]2CC(F)(F)CN2C(=O)[C@@H](NC(=O)COCCN2CCN(c3ccc(C(=O)N[C@H]4C(C)(C)[C@H](Oc5ccc(C#N)c(Cl)c5)C4(C)C)cn3)CC2)C(C)(C)C)cc1. The van der Waals surface area contributed by atoms with Crippen molar-refractivity contribution in [1.29, 1.82) is 5.26 Å². The first-order chi connectivity index (χ1) is 33.4. The van der Waals surface area contributed by atoms with Crippen molar-refractivity contribution in [1.82, 2.24) is 35.7 Å². The summed E-state index contributed by atoms with van der Waals surface area (Å²) >= 11 is 7.77. The zero-order valence-electron chi connectivity index (χ0n) is 41.8. The van der Waals surface area contributed by atoms with Crippen molar-refractivity contribution in [3.05, 3.63) is 93.7 Å². The number of pyridine rings is 1. The Morgan fingerprint density at radius 1 is 0.972 bits per heavy atom. The molecule has 3 aliphatic rings. The molecule has 2 aromatic heterocycles. The van der Waals surface area contributed by atoms with Gasteiger partial charge < -0.3 is 35.2 Å². The van der Waals surface area contributed by atoms with Crippen LogP contribution in [0.15, 0.2) is 66.3 Å². The number of rotatable bonds is 16. The summed E-state index contributed by atoms with van der Waals surface area (Å²) in [5.41, 5.74) is 3.54. The van der Waals surface area contributed by atoms with Gasteiger partial charge in [0.05, 0.1) is 51.4 Å². The van der Waals surface area contributed by atoms with Gasteiger partial charge in [-0.15, -0.1) is 11.3 Å². The predicted octanol–water partition coefficient (Wildman–Crippen LogP) is 7.43. The Bertz CT molecular complexity index is 2610. The summed E-state index contributed by atoms with van der Waals surface area (Å²) in [6.45, 7) is 19.3. The lowest BCUT2D eigenvalue weighted by atomic mass is 9.49. The average Bonchev–Trinajstić information content (AvgIpc) is 3.91. The molecule has 0 radical (unpaired) electrons. The topological polar surface area (TPSA) is 182 Å². The van der Waals surface area contributed by atoms with Crippen LogP contribution in [0.5, 0.6) is 5.75 Å². The molecule has 7 rings (SSSR count). The largest absolute Gasteiger partial charge is 0.489 e. The summed E-state index contributed by atoms with van der Waals surface area (Å²) in [7, 11) is 0. The van der Waals surface area contributed by atoms with E-state index in [2.05, 4.69) is 69.5 Å². The molecule has 0 unspecified atom stereocenters. The van der Waals surface area contributed by atoms with Gasteiger partial charge in [-0.05, 0) is 54.7 Å². The van der Waals surface area contributed by atoms with Gasteiger partial charge in [0.1, 0.15) is 42.4 Å². The van der Waals surface area contributed by atoms with E-state index in [0.29, 0.717) is 54.6 Å². The normalized spacial score (nSPS) is 21.3. The molecule has 3 atom stereocenters. The van der Waals surface area contributed by atoms with Crippen LogP contribution in [0.2, 0.25) is 5.02 Å². The number of hydrogen-bond donors (Lipinski definition) is 3. The predicted molar refractivity (Wildman–Crippen MR) is 268 cm³/mol. The zero-order valence-corrected chi connectivity index (χ0v) is 43.3. The van der Waals surface area contributed by atoms with Gasteiger partial charge in [-0.1, -0.05) is 84.3 Å². The third-order valence-corrected chi connectivity index (χ3v) is 15.3. The smallest absolute Gasteiger partial charge is 0.267 e. The minimum atomic E-state index is -3.30. The second-order valence-electron chi connectivity index (χ2n) is 21.1. The molecule has 0 spiro atoms. The van der Waals surface area contributed by atoms with Crippen LogP contribution in [0, 0.1) is 34.5 Å². The first-order valence-corrected chi connectivity index (χ1v) is 25.1. The van der Waals surface area contributed by atoms with Gasteiger partial charge >= 0.3 is 0 Å². The number of likely N-dealkylation sites (tertiary alicyclic amines) is 1. The molecule has 3 N–H and O–H groups in total. The number of hydrogen-bond acceptors (Lipinski definition) is 12. The molecule has 2 saturated heterocycles. The van der Waals surface area contributed by atoms with Gasteiger partial charge in [-0.3, -0.25) is 24.1 Å². The fourth-order valence-corrected chi connectivity index (χ4v) is 11.3. The summed E-state index contributed by atoms with van der Waals surface area (Å²) in [5.74, 6) is -4.25. The minimum absolute atomic E-state index is 0.199. The number of piperazine rings is 1. The second kappa shape index (κ2) is 21.2. The van der Waals surface area contributed by atoms with Gasteiger partial charge in [0.15, 0.2) is 0 Å². The molecule has 4 amide bonds. The first-order valence-electron chi connectivity index (χ1n) is 23.9. The van der Waals surface area contributed by atoms with Crippen LogP contribution in [-0.2, 0) is 19.1 Å². The third-order valence-electron chi connectivity index (χ3n) is 14.0. The van der Waals surface area contributed by atoms with Gasteiger partial charge in [0.25, 0.3) is 11.8 Å². The highest BCUT2D eigenvalue weighted by Gasteiger charge is 2.64. The Morgan fingerprint density at radius 2 is 1.66 bits per heavy atom. The van der Waals surface area contributed by atoms with Crippen LogP contribution < -0.4 is 25.6 Å². The standard InChI is InChI=1S/C52H64ClF2N9O6S/c1-31(33-10-12-34(13-11-33)42-32(2)58-30-71-42)59-45(67)39-25-52(54,55)29-64(39)46(68)43(49(3,4)5)60-41(65)28-69-23-22-62-18-20-63(21-19-62)40-17-15-36(27-57-40)44(66)61-47-50(6,7)48(51(47,8)9)70-37-16-14-35(26-56)38(53)24-37/h10-17,24,27,30-31,39,43,47-48H,18-23,25,28-29H2,1-9H3,(H,59,67)(H,60,65)(H,61,66)/t31-,39-,43+,47-,48-/m0/s1. The summed E-state index contributed by atoms with van der Waals surface area (Å²) in [6, 6.07) is 14.9. The number of anilines is 1. The molecule has 2 aliphatic heterocycles. The van der Waals surface area contributed by atoms with Gasteiger partial charge in [0.2, 0.25) is 17.7 Å². The Balaban J connectivity index is 0.841. The quantitative estimate of drug-likeness (QED) is 0.0950. The second-order valence-corrected chi connectivity index (χ2v) is 22.4. The lowest BCUT2D eigenvalue weighted by Gasteiger charge is -2.63. The molecule has 2 aromatic carbocycles. The van der Waals surface area contributed by atoms with Crippen LogP contribution in [0.1, 0.15) is 95.0 Å². The Labute approximate surface area is 423 Å². The Kier molecular flexibility index (Phi) is 15.8. The van der Waals surface area contributed by atoms with Gasteiger partial charge in [-0.25, -0.2) is 18.7 Å². The highest BCUT2D eigenvalue weighted by atomic mass is 35.5. The number of carbonyl (C=O) groups is 4. The molecule has 19 heteroatoms. The van der Waals surface area contributed by atoms with Crippen molar-refractivity contribution >= 4 is 52.4 Å². The zero-order chi connectivity index (χ0) is 51.6. The summed E-state index contributed by atoms with van der Waals surface area (Å²) < 4.78 is 42.1. The number of benzene rings is 2. The number of amides is 4. The van der Waals surface area contributed by atoms with E-state index in [0.717, 1.165) is 32.4 Å². The molecule has 0 bridgehead atoms. The number of carbonyl (C=O) groups excluding carboxylic acids is 4. The summed E-state index contributed by atoms with van der Waals surface area (Å²) in [4.78, 5) is 69.6. The molecule has 4 aromatic rings. The summed E-state index contributed by atoms with van der Waals surface area (Å²) in [5, 5.41) is 18.3. The highest BCUT2D eigenvalue weighted by molar-refractivity contribution is 7.13. The van der Waals surface area contributed by atoms with Crippen molar-refractivity contribution in [2.24, 2.45) is 16.2 Å².